The minimum Gasteiger partial charge on any atom is -0.538 e. The van der Waals surface area contributed by atoms with Crippen LogP contribution in [0.3, 0.4) is 0 Å². The zero-order chi connectivity index (χ0) is 20.8. The number of hydrogen-bond acceptors (Lipinski definition) is 7. The molecule has 0 saturated heterocycles. The minimum absolute atomic E-state index is 0.136. The fourth-order valence-corrected chi connectivity index (χ4v) is 3.31. The van der Waals surface area contributed by atoms with E-state index in [1.807, 2.05) is 0 Å². The van der Waals surface area contributed by atoms with Crippen LogP contribution in [0.5, 0.6) is 11.7 Å². The standard InChI is InChI=1S/C19H17N3O6S/c1-27-15-8-6-14(7-9-15)22-17(19(26)28-21-22)29-11-10-16(23)20-13-4-2-12(3-5-13)18(24)25/h2-9H,10-11H2,1H3,(H2-,20,21,23,24,25,26). The molecule has 150 valence electrons. The summed E-state index contributed by atoms with van der Waals surface area (Å²) in [5.41, 5.74) is 1.26. The van der Waals surface area contributed by atoms with Gasteiger partial charge in [0.2, 0.25) is 11.6 Å². The Morgan fingerprint density at radius 1 is 1.21 bits per heavy atom. The van der Waals surface area contributed by atoms with Crippen LogP contribution < -0.4 is 19.8 Å². The van der Waals surface area contributed by atoms with Crippen LogP contribution in [0.1, 0.15) is 16.8 Å². The van der Waals surface area contributed by atoms with Crippen LogP contribution in [0.15, 0.2) is 58.1 Å². The lowest BCUT2D eigenvalue weighted by Crippen LogP contribution is -2.34. The highest BCUT2D eigenvalue weighted by Gasteiger charge is 2.21. The second kappa shape index (κ2) is 9.11. The Kier molecular flexibility index (Phi) is 6.35. The molecule has 2 aromatic carbocycles. The lowest BCUT2D eigenvalue weighted by Gasteiger charge is -2.05. The molecule has 0 unspecified atom stereocenters. The van der Waals surface area contributed by atoms with Gasteiger partial charge in [-0.2, -0.15) is 0 Å². The molecule has 0 radical (unpaired) electrons. The molecule has 10 heteroatoms. The van der Waals surface area contributed by atoms with Crippen LogP contribution >= 0.6 is 11.8 Å². The van der Waals surface area contributed by atoms with Crippen LogP contribution in [-0.2, 0) is 4.79 Å². The number of carbonyl (C=O) groups excluding carboxylic acids is 1. The maximum atomic E-state index is 12.1. The normalized spacial score (nSPS) is 10.5. The molecule has 0 spiro atoms. The number of nitrogens with zero attached hydrogens (tertiary/aromatic N) is 2. The number of carboxylic acids is 1. The van der Waals surface area contributed by atoms with Crippen molar-refractivity contribution in [2.45, 2.75) is 11.4 Å². The molecule has 0 fully saturated rings. The molecule has 3 aromatic rings. The third-order valence-corrected chi connectivity index (χ3v) is 4.89. The number of carboxylic acid groups (broad SMARTS) is 1. The van der Waals surface area contributed by atoms with Crippen LogP contribution in [0.4, 0.5) is 5.69 Å². The van der Waals surface area contributed by atoms with Gasteiger partial charge in [-0.15, -0.1) is 0 Å². The Balaban J connectivity index is 1.58. The highest BCUT2D eigenvalue weighted by molar-refractivity contribution is 7.99. The van der Waals surface area contributed by atoms with Crippen molar-refractivity contribution in [1.82, 2.24) is 5.27 Å². The monoisotopic (exact) mass is 415 g/mol. The first-order valence-electron chi connectivity index (χ1n) is 8.47. The number of carbonyl (C=O) groups is 2. The minimum atomic E-state index is -1.04. The fraction of sp³-hybridized carbons (Fsp3) is 0.158. The summed E-state index contributed by atoms with van der Waals surface area (Å²) in [4.78, 5) is 22.9. The topological polar surface area (TPSA) is 129 Å². The predicted molar refractivity (Wildman–Crippen MR) is 101 cm³/mol. The number of benzene rings is 2. The van der Waals surface area contributed by atoms with Gasteiger partial charge in [-0.1, -0.05) is 11.8 Å². The summed E-state index contributed by atoms with van der Waals surface area (Å²) >= 11 is 1.15. The zero-order valence-corrected chi connectivity index (χ0v) is 16.1. The van der Waals surface area contributed by atoms with Gasteiger partial charge in [0.15, 0.2) is 5.95 Å². The molecule has 0 saturated carbocycles. The summed E-state index contributed by atoms with van der Waals surface area (Å²) < 4.78 is 11.2. The van der Waals surface area contributed by atoms with E-state index in [2.05, 4.69) is 10.6 Å². The first-order chi connectivity index (χ1) is 14.0. The lowest BCUT2D eigenvalue weighted by molar-refractivity contribution is -0.705. The highest BCUT2D eigenvalue weighted by Crippen LogP contribution is 2.24. The van der Waals surface area contributed by atoms with Gasteiger partial charge >= 0.3 is 5.97 Å². The van der Waals surface area contributed by atoms with Crippen LogP contribution in [0.2, 0.25) is 0 Å². The molecule has 1 amide bonds. The molecule has 0 aliphatic rings. The average Bonchev–Trinajstić information content (AvgIpc) is 3.09. The number of methoxy groups -OCH3 is 1. The molecule has 1 aromatic heterocycles. The Morgan fingerprint density at radius 3 is 2.52 bits per heavy atom. The Morgan fingerprint density at radius 2 is 1.90 bits per heavy atom. The van der Waals surface area contributed by atoms with Gasteiger partial charge in [-0.3, -0.25) is 4.79 Å². The third kappa shape index (κ3) is 5.05. The summed E-state index contributed by atoms with van der Waals surface area (Å²) in [5.74, 6) is -0.893. The van der Waals surface area contributed by atoms with Crippen molar-refractivity contribution >= 4 is 29.3 Å². The maximum absolute atomic E-state index is 12.1. The predicted octanol–water partition coefficient (Wildman–Crippen LogP) is 1.85. The van der Waals surface area contributed by atoms with Crippen molar-refractivity contribution in [3.63, 3.8) is 0 Å². The molecule has 1 heterocycles. The first-order valence-corrected chi connectivity index (χ1v) is 9.46. The second-order valence-corrected chi connectivity index (χ2v) is 6.89. The van der Waals surface area contributed by atoms with Crippen LogP contribution in [-0.4, -0.2) is 35.1 Å². The van der Waals surface area contributed by atoms with E-state index in [1.165, 1.54) is 28.9 Å². The quantitative estimate of drug-likeness (QED) is 0.421. The number of hydrogen-bond donors (Lipinski definition) is 2. The number of aromatic carboxylic acids is 1. The largest absolute Gasteiger partial charge is 0.538 e. The number of thioether (sulfide) groups is 1. The van der Waals surface area contributed by atoms with Crippen molar-refractivity contribution in [1.29, 1.82) is 0 Å². The van der Waals surface area contributed by atoms with Gasteiger partial charge in [0.1, 0.15) is 5.75 Å². The van der Waals surface area contributed by atoms with Crippen molar-refractivity contribution in [3.8, 4) is 17.4 Å². The molecule has 0 atom stereocenters. The summed E-state index contributed by atoms with van der Waals surface area (Å²) in [5, 5.41) is 27.5. The van der Waals surface area contributed by atoms with Gasteiger partial charge in [-0.05, 0) is 41.1 Å². The van der Waals surface area contributed by atoms with E-state index in [1.54, 1.807) is 31.4 Å². The van der Waals surface area contributed by atoms with Gasteiger partial charge in [0.25, 0.3) is 5.03 Å². The fourth-order valence-electron chi connectivity index (χ4n) is 2.41. The number of anilines is 1. The molecular formula is C19H17N3O6S. The van der Waals surface area contributed by atoms with Gasteiger partial charge in [0, 0.05) is 30.0 Å². The highest BCUT2D eigenvalue weighted by atomic mass is 32.2. The van der Waals surface area contributed by atoms with Crippen molar-refractivity contribution in [2.24, 2.45) is 0 Å². The number of ether oxygens (including phenoxy) is 1. The lowest BCUT2D eigenvalue weighted by atomic mass is 10.2. The van der Waals surface area contributed by atoms with Gasteiger partial charge in [-0.25, -0.2) is 4.79 Å². The molecular weight excluding hydrogens is 398 g/mol. The third-order valence-electron chi connectivity index (χ3n) is 3.87. The van der Waals surface area contributed by atoms with Gasteiger partial charge < -0.3 is 24.8 Å². The number of amides is 1. The van der Waals surface area contributed by atoms with E-state index in [0.717, 1.165) is 11.8 Å². The van der Waals surface area contributed by atoms with E-state index in [0.29, 0.717) is 22.9 Å². The molecule has 0 aliphatic carbocycles. The smallest absolute Gasteiger partial charge is 0.335 e. The van der Waals surface area contributed by atoms with E-state index in [9.17, 15) is 14.7 Å². The summed E-state index contributed by atoms with van der Waals surface area (Å²) in [6, 6.07) is 12.8. The van der Waals surface area contributed by atoms with Crippen LogP contribution in [0.25, 0.3) is 5.69 Å². The molecule has 0 aliphatic heterocycles. The Hall–Kier alpha value is -3.53. The van der Waals surface area contributed by atoms with Crippen molar-refractivity contribution in [3.05, 3.63) is 54.1 Å². The molecule has 0 bridgehead atoms. The molecule has 2 N–H and O–H groups in total. The average molecular weight is 415 g/mol. The number of nitrogens with one attached hydrogen (secondary N) is 1. The Bertz CT molecular complexity index is 1000. The van der Waals surface area contributed by atoms with Crippen molar-refractivity contribution in [2.75, 3.05) is 18.2 Å². The van der Waals surface area contributed by atoms with E-state index >= 15 is 0 Å². The molecule has 29 heavy (non-hydrogen) atoms. The van der Waals surface area contributed by atoms with Crippen molar-refractivity contribution < 1.29 is 33.7 Å². The maximum Gasteiger partial charge on any atom is 0.335 e. The second-order valence-electron chi connectivity index (χ2n) is 5.80. The summed E-state index contributed by atoms with van der Waals surface area (Å²) in [7, 11) is 1.56. The SMILES string of the molecule is COc1ccc(-[n+]2noc([O-])c2SCCC(=O)Nc2ccc(C(=O)O)cc2)cc1. The van der Waals surface area contributed by atoms with Gasteiger partial charge in [0.05, 0.1) is 17.9 Å². The first kappa shape index (κ1) is 20.2. The van der Waals surface area contributed by atoms with Crippen LogP contribution in [0, 0.1) is 0 Å². The van der Waals surface area contributed by atoms with E-state index in [4.69, 9.17) is 14.4 Å². The summed E-state index contributed by atoms with van der Waals surface area (Å²) in [6.07, 6.45) is 0.137. The summed E-state index contributed by atoms with van der Waals surface area (Å²) in [6.45, 7) is 0. The Labute approximate surface area is 169 Å². The van der Waals surface area contributed by atoms with E-state index < -0.39 is 11.9 Å². The van der Waals surface area contributed by atoms with E-state index in [-0.39, 0.29) is 22.9 Å². The molecule has 3 rings (SSSR count). The zero-order valence-electron chi connectivity index (χ0n) is 15.3. The number of aromatic nitrogens is 2. The number of rotatable bonds is 8. The molecule has 9 nitrogen and oxygen atoms in total.